The topological polar surface area (TPSA) is 67.8 Å². The lowest BCUT2D eigenvalue weighted by molar-refractivity contribution is 0.00565. The fourth-order valence-corrected chi connectivity index (χ4v) is 1.95. The summed E-state index contributed by atoms with van der Waals surface area (Å²) in [6.07, 6.45) is -0.601. The molecule has 1 aliphatic heterocycles. The molecule has 6 nitrogen and oxygen atoms in total. The number of β-amino-alcohol motifs (C(OH)–C–C–N with tert-alkyl or cyclic N) is 1. The number of aromatic nitrogens is 1. The Morgan fingerprint density at radius 2 is 2.12 bits per heavy atom. The van der Waals surface area contributed by atoms with Crippen LogP contribution in [0, 0.1) is 6.92 Å². The lowest BCUT2D eigenvalue weighted by Gasteiger charge is -2.28. The van der Waals surface area contributed by atoms with Gasteiger partial charge in [0.05, 0.1) is 25.9 Å². The molecule has 0 saturated carbocycles. The van der Waals surface area contributed by atoms with E-state index in [2.05, 4.69) is 4.90 Å². The van der Waals surface area contributed by atoms with Crippen molar-refractivity contribution in [1.29, 1.82) is 0 Å². The molecule has 1 unspecified atom stereocenters. The minimum atomic E-state index is -0.601. The van der Waals surface area contributed by atoms with Crippen LogP contribution in [0.3, 0.4) is 0 Å². The van der Waals surface area contributed by atoms with Crippen LogP contribution < -0.4 is 5.56 Å². The van der Waals surface area contributed by atoms with Gasteiger partial charge in [0.2, 0.25) is 0 Å². The molecule has 0 aliphatic carbocycles. The van der Waals surface area contributed by atoms with Gasteiger partial charge in [-0.2, -0.15) is 4.74 Å². The fraction of sp³-hybridized carbons (Fsp3) is 0.727. The summed E-state index contributed by atoms with van der Waals surface area (Å²) in [4.78, 5) is 13.5. The van der Waals surface area contributed by atoms with E-state index in [9.17, 15) is 9.90 Å². The van der Waals surface area contributed by atoms with E-state index in [1.54, 1.807) is 6.92 Å². The third-order valence-electron chi connectivity index (χ3n) is 2.78. The monoisotopic (exact) mass is 242 g/mol. The largest absolute Gasteiger partial charge is 0.390 e. The van der Waals surface area contributed by atoms with Crippen LogP contribution in [0.25, 0.3) is 0 Å². The number of nitrogens with zero attached hydrogens (tertiary/aromatic N) is 2. The smallest absolute Gasteiger partial charge is 0.282 e. The van der Waals surface area contributed by atoms with Crippen LogP contribution in [0.5, 0.6) is 0 Å². The molecule has 6 heteroatoms. The molecule has 1 saturated heterocycles. The molecule has 0 amide bonds. The number of rotatable bonds is 4. The van der Waals surface area contributed by atoms with Crippen molar-refractivity contribution in [1.82, 2.24) is 9.64 Å². The summed E-state index contributed by atoms with van der Waals surface area (Å²) in [5.41, 5.74) is -0.205. The van der Waals surface area contributed by atoms with Crippen molar-refractivity contribution >= 4 is 0 Å². The Kier molecular flexibility index (Phi) is 3.98. The van der Waals surface area contributed by atoms with Crippen molar-refractivity contribution in [2.24, 2.45) is 0 Å². The van der Waals surface area contributed by atoms with Gasteiger partial charge in [-0.05, 0) is 6.92 Å². The van der Waals surface area contributed by atoms with Gasteiger partial charge in [0.15, 0.2) is 0 Å². The van der Waals surface area contributed by atoms with Gasteiger partial charge in [0.25, 0.3) is 5.56 Å². The van der Waals surface area contributed by atoms with Crippen molar-refractivity contribution in [2.45, 2.75) is 19.6 Å². The van der Waals surface area contributed by atoms with E-state index in [1.807, 2.05) is 0 Å². The van der Waals surface area contributed by atoms with E-state index < -0.39 is 6.10 Å². The molecule has 1 aromatic heterocycles. The maximum atomic E-state index is 11.4. The first-order valence-electron chi connectivity index (χ1n) is 5.81. The summed E-state index contributed by atoms with van der Waals surface area (Å²) >= 11 is 0. The van der Waals surface area contributed by atoms with Gasteiger partial charge in [-0.15, -0.1) is 0 Å². The van der Waals surface area contributed by atoms with Gasteiger partial charge in [0, 0.05) is 25.7 Å². The summed E-state index contributed by atoms with van der Waals surface area (Å²) in [5.74, 6) is 0.563. The van der Waals surface area contributed by atoms with Gasteiger partial charge in [-0.1, -0.05) is 0 Å². The highest BCUT2D eigenvalue weighted by atomic mass is 16.5. The van der Waals surface area contributed by atoms with Crippen LogP contribution in [0.4, 0.5) is 0 Å². The Labute approximate surface area is 99.3 Å². The second-order valence-corrected chi connectivity index (χ2v) is 4.31. The number of aryl methyl sites for hydroxylation is 1. The molecule has 1 aromatic rings. The highest BCUT2D eigenvalue weighted by Gasteiger charge is 2.16. The Morgan fingerprint density at radius 1 is 1.41 bits per heavy atom. The molecule has 1 fully saturated rings. The van der Waals surface area contributed by atoms with E-state index >= 15 is 0 Å². The second kappa shape index (κ2) is 5.48. The maximum absolute atomic E-state index is 11.4. The van der Waals surface area contributed by atoms with E-state index in [0.717, 1.165) is 13.1 Å². The second-order valence-electron chi connectivity index (χ2n) is 4.31. The molecule has 1 aliphatic rings. The standard InChI is InChI=1S/C11H18N2O4/c1-9-6-11(15)13(17-9)8-10(14)7-12-2-4-16-5-3-12/h6,10,14H,2-5,7-8H2,1H3. The number of morpholine rings is 1. The van der Waals surface area contributed by atoms with Crippen LogP contribution in [-0.2, 0) is 11.3 Å². The Morgan fingerprint density at radius 3 is 2.71 bits per heavy atom. The van der Waals surface area contributed by atoms with E-state index in [-0.39, 0.29) is 12.1 Å². The Bertz CT molecular complexity index is 406. The molecule has 2 rings (SSSR count). The van der Waals surface area contributed by atoms with Crippen LogP contribution in [0.2, 0.25) is 0 Å². The fourth-order valence-electron chi connectivity index (χ4n) is 1.95. The molecule has 0 aromatic carbocycles. The first kappa shape index (κ1) is 12.3. The SMILES string of the molecule is Cc1cc(=O)n(CC(O)CN2CCOCC2)o1. The van der Waals surface area contributed by atoms with Crippen LogP contribution >= 0.6 is 0 Å². The lowest BCUT2D eigenvalue weighted by atomic mass is 10.3. The Hall–Kier alpha value is -1.11. The normalized spacial score (nSPS) is 19.4. The quantitative estimate of drug-likeness (QED) is 0.766. The summed E-state index contributed by atoms with van der Waals surface area (Å²) in [6, 6.07) is 1.42. The Balaban J connectivity index is 1.86. The molecule has 1 N–H and O–H groups in total. The van der Waals surface area contributed by atoms with Gasteiger partial charge in [-0.25, -0.2) is 0 Å². The molecule has 0 radical (unpaired) electrons. The number of aliphatic hydroxyl groups is 1. The zero-order valence-electron chi connectivity index (χ0n) is 9.96. The van der Waals surface area contributed by atoms with Crippen molar-refractivity contribution < 1.29 is 14.4 Å². The first-order valence-corrected chi connectivity index (χ1v) is 5.81. The van der Waals surface area contributed by atoms with Crippen molar-refractivity contribution in [2.75, 3.05) is 32.8 Å². The molecule has 96 valence electrons. The predicted octanol–water partition coefficient (Wildman–Crippen LogP) is -0.557. The van der Waals surface area contributed by atoms with Gasteiger partial charge < -0.3 is 14.4 Å². The predicted molar refractivity (Wildman–Crippen MR) is 61.0 cm³/mol. The molecule has 17 heavy (non-hydrogen) atoms. The summed E-state index contributed by atoms with van der Waals surface area (Å²) in [7, 11) is 0. The maximum Gasteiger partial charge on any atom is 0.282 e. The van der Waals surface area contributed by atoms with E-state index in [1.165, 1.54) is 10.8 Å². The third-order valence-corrected chi connectivity index (χ3v) is 2.78. The van der Waals surface area contributed by atoms with Crippen molar-refractivity contribution in [3.63, 3.8) is 0 Å². The zero-order chi connectivity index (χ0) is 12.3. The first-order chi connectivity index (χ1) is 8.15. The average Bonchev–Trinajstić information content (AvgIpc) is 2.58. The van der Waals surface area contributed by atoms with Crippen LogP contribution in [0.1, 0.15) is 5.76 Å². The van der Waals surface area contributed by atoms with E-state index in [0.29, 0.717) is 25.5 Å². The highest BCUT2D eigenvalue weighted by Crippen LogP contribution is 2.01. The summed E-state index contributed by atoms with van der Waals surface area (Å²) in [5, 5.41) is 9.89. The minimum absolute atomic E-state index is 0.198. The van der Waals surface area contributed by atoms with Crippen molar-refractivity contribution in [3.05, 3.63) is 22.2 Å². The molecular weight excluding hydrogens is 224 g/mol. The summed E-state index contributed by atoms with van der Waals surface area (Å²) in [6.45, 7) is 5.50. The van der Waals surface area contributed by atoms with Crippen LogP contribution in [0.15, 0.2) is 15.4 Å². The summed E-state index contributed by atoms with van der Waals surface area (Å²) < 4.78 is 11.6. The molecule has 0 spiro atoms. The third kappa shape index (κ3) is 3.42. The molecule has 0 bridgehead atoms. The number of ether oxygens (including phenoxy) is 1. The number of aliphatic hydroxyl groups excluding tert-OH is 1. The molecule has 2 heterocycles. The number of hydrogen-bond acceptors (Lipinski definition) is 5. The average molecular weight is 242 g/mol. The van der Waals surface area contributed by atoms with Gasteiger partial charge in [-0.3, -0.25) is 9.69 Å². The number of hydrogen-bond donors (Lipinski definition) is 1. The van der Waals surface area contributed by atoms with Gasteiger partial charge >= 0.3 is 0 Å². The highest BCUT2D eigenvalue weighted by molar-refractivity contribution is 4.91. The van der Waals surface area contributed by atoms with E-state index in [4.69, 9.17) is 9.26 Å². The minimum Gasteiger partial charge on any atom is -0.390 e. The van der Waals surface area contributed by atoms with Crippen molar-refractivity contribution in [3.8, 4) is 0 Å². The lowest BCUT2D eigenvalue weighted by Crippen LogP contribution is -2.42. The van der Waals surface area contributed by atoms with Crippen LogP contribution in [-0.4, -0.2) is 53.7 Å². The molecule has 1 atom stereocenters. The molecular formula is C11H18N2O4. The zero-order valence-corrected chi connectivity index (χ0v) is 9.96. The van der Waals surface area contributed by atoms with Gasteiger partial charge in [0.1, 0.15) is 5.76 Å².